The zero-order valence-corrected chi connectivity index (χ0v) is 23.8. The number of pyridine rings is 1. The van der Waals surface area contributed by atoms with Gasteiger partial charge in [0.25, 0.3) is 11.8 Å². The molecule has 2 aromatic carbocycles. The molecule has 1 aromatic heterocycles. The average molecular weight is 584 g/mol. The number of carbonyl (C=O) groups excluding carboxylic acids is 2. The Balaban J connectivity index is 1.53. The summed E-state index contributed by atoms with van der Waals surface area (Å²) in [5.41, 5.74) is -0.419. The highest BCUT2D eigenvalue weighted by Gasteiger charge is 2.52. The van der Waals surface area contributed by atoms with Crippen LogP contribution in [0.4, 0.5) is 4.39 Å². The van der Waals surface area contributed by atoms with Crippen molar-refractivity contribution in [3.63, 3.8) is 0 Å². The molecule has 0 saturated heterocycles. The van der Waals surface area contributed by atoms with E-state index < -0.39 is 22.7 Å². The fourth-order valence-corrected chi connectivity index (χ4v) is 6.05. The van der Waals surface area contributed by atoms with Crippen molar-refractivity contribution in [2.75, 3.05) is 34.4 Å². The molecule has 1 aliphatic heterocycles. The number of fused-ring (bicyclic) bond motifs is 2. The normalized spacial score (nSPS) is 19.5. The molecular weight excluding hydrogens is 553 g/mol. The first-order chi connectivity index (χ1) is 19.7. The molecule has 0 radical (unpaired) electrons. The van der Waals surface area contributed by atoms with Crippen molar-refractivity contribution in [3.8, 4) is 11.5 Å². The van der Waals surface area contributed by atoms with E-state index in [1.165, 1.54) is 25.4 Å². The van der Waals surface area contributed by atoms with E-state index in [1.807, 2.05) is 30.3 Å². The molecule has 0 atom stereocenters. The van der Waals surface area contributed by atoms with Crippen molar-refractivity contribution < 1.29 is 28.2 Å². The molecule has 3 aromatic rings. The number of ether oxygens (including phenoxy) is 3. The number of amides is 2. The summed E-state index contributed by atoms with van der Waals surface area (Å²) in [5.74, 6) is -1.58. The molecule has 1 fully saturated rings. The molecule has 1 aliphatic carbocycles. The second kappa shape index (κ2) is 11.5. The van der Waals surface area contributed by atoms with Crippen LogP contribution < -0.4 is 20.2 Å². The van der Waals surface area contributed by atoms with Gasteiger partial charge in [-0.1, -0.05) is 48.0 Å². The SMILES string of the molecule is COC[C@H]1C[C@]2(CN(C)C(=O)c3c(OCc4ccccc4)c(=O)c(C(=O)NCc4ccc(OC)c(Cl)c4F)cn32)C1. The van der Waals surface area contributed by atoms with Crippen LogP contribution in [0.25, 0.3) is 0 Å². The van der Waals surface area contributed by atoms with Crippen LogP contribution in [0.5, 0.6) is 11.5 Å². The van der Waals surface area contributed by atoms with Gasteiger partial charge in [-0.05, 0) is 30.4 Å². The first-order valence-electron chi connectivity index (χ1n) is 13.2. The molecule has 0 bridgehead atoms. The largest absolute Gasteiger partial charge is 0.495 e. The minimum absolute atomic E-state index is 0.0278. The zero-order chi connectivity index (χ0) is 29.3. The number of hydrogen-bond acceptors (Lipinski definition) is 6. The molecule has 216 valence electrons. The highest BCUT2D eigenvalue weighted by Crippen LogP contribution is 2.48. The van der Waals surface area contributed by atoms with Gasteiger partial charge in [0, 0.05) is 45.6 Å². The van der Waals surface area contributed by atoms with Crippen molar-refractivity contribution in [2.45, 2.75) is 31.5 Å². The van der Waals surface area contributed by atoms with E-state index in [4.69, 9.17) is 25.8 Å². The van der Waals surface area contributed by atoms with Gasteiger partial charge in [-0.15, -0.1) is 0 Å². The third-order valence-electron chi connectivity index (χ3n) is 7.75. The molecule has 0 unspecified atom stereocenters. The number of halogens is 2. The monoisotopic (exact) mass is 583 g/mol. The highest BCUT2D eigenvalue weighted by atomic mass is 35.5. The Morgan fingerprint density at radius 2 is 1.88 bits per heavy atom. The van der Waals surface area contributed by atoms with Crippen LogP contribution in [-0.4, -0.2) is 55.7 Å². The maximum atomic E-state index is 14.8. The maximum Gasteiger partial charge on any atom is 0.274 e. The van der Waals surface area contributed by atoms with Crippen LogP contribution in [0.15, 0.2) is 53.5 Å². The summed E-state index contributed by atoms with van der Waals surface area (Å²) in [5, 5.41) is 2.42. The molecule has 1 saturated carbocycles. The minimum atomic E-state index is -0.730. The van der Waals surface area contributed by atoms with Gasteiger partial charge in [0.2, 0.25) is 5.43 Å². The maximum absolute atomic E-state index is 14.8. The number of benzene rings is 2. The van der Waals surface area contributed by atoms with Crippen LogP contribution in [0.1, 0.15) is 44.8 Å². The molecule has 2 heterocycles. The van der Waals surface area contributed by atoms with Gasteiger partial charge in [0.05, 0.1) is 12.6 Å². The fraction of sp³-hybridized carbons (Fsp3) is 0.367. The first-order valence-corrected chi connectivity index (χ1v) is 13.6. The Bertz CT molecular complexity index is 1540. The van der Waals surface area contributed by atoms with E-state index in [0.29, 0.717) is 26.0 Å². The van der Waals surface area contributed by atoms with Gasteiger partial charge in [-0.3, -0.25) is 14.4 Å². The summed E-state index contributed by atoms with van der Waals surface area (Å²) < 4.78 is 32.9. The Hall–Kier alpha value is -3.89. The van der Waals surface area contributed by atoms with Crippen molar-refractivity contribution in [2.24, 2.45) is 5.92 Å². The van der Waals surface area contributed by atoms with E-state index in [1.54, 1.807) is 23.6 Å². The number of likely N-dealkylation sites (N-methyl/N-ethyl adjacent to an activating group) is 1. The molecule has 2 aliphatic rings. The lowest BCUT2D eigenvalue weighted by Crippen LogP contribution is -2.60. The van der Waals surface area contributed by atoms with E-state index in [-0.39, 0.29) is 58.3 Å². The molecule has 1 N–H and O–H groups in total. The number of hydrogen-bond donors (Lipinski definition) is 1. The summed E-state index contributed by atoms with van der Waals surface area (Å²) in [7, 11) is 4.71. The van der Waals surface area contributed by atoms with Crippen LogP contribution in [0, 0.1) is 11.7 Å². The van der Waals surface area contributed by atoms with Crippen LogP contribution >= 0.6 is 11.6 Å². The number of carbonyl (C=O) groups is 2. The Kier molecular flexibility index (Phi) is 8.06. The lowest BCUT2D eigenvalue weighted by Gasteiger charge is -2.54. The molecule has 41 heavy (non-hydrogen) atoms. The molecular formula is C30H31ClFN3O6. The Labute approximate surface area is 241 Å². The zero-order valence-electron chi connectivity index (χ0n) is 23.0. The predicted molar refractivity (Wildman–Crippen MR) is 150 cm³/mol. The van der Waals surface area contributed by atoms with Crippen LogP contribution in [0.3, 0.4) is 0 Å². The standard InChI is InChI=1S/C30H31ClFN3O6/c1-34-17-30(11-19(12-30)15-39-2)35-14-21(28(37)33-13-20-9-10-22(40-3)23(31)24(20)32)26(36)27(25(35)29(34)38)41-16-18-7-5-4-6-8-18/h4-10,14,19H,11-13,15-17H2,1-3H3,(H,33,37)/t19-,30+. The van der Waals surface area contributed by atoms with Crippen LogP contribution in [-0.2, 0) is 23.4 Å². The van der Waals surface area contributed by atoms with Gasteiger partial charge < -0.3 is 29.0 Å². The summed E-state index contributed by atoms with van der Waals surface area (Å²) in [4.78, 5) is 42.2. The van der Waals surface area contributed by atoms with Crippen molar-refractivity contribution in [1.82, 2.24) is 14.8 Å². The molecule has 11 heteroatoms. The third kappa shape index (κ3) is 5.29. The topological polar surface area (TPSA) is 99.1 Å². The Morgan fingerprint density at radius 3 is 2.56 bits per heavy atom. The summed E-state index contributed by atoms with van der Waals surface area (Å²) in [6, 6.07) is 12.2. The minimum Gasteiger partial charge on any atom is -0.495 e. The van der Waals surface area contributed by atoms with Gasteiger partial charge in [-0.25, -0.2) is 4.39 Å². The lowest BCUT2D eigenvalue weighted by molar-refractivity contribution is -0.0192. The molecule has 9 nitrogen and oxygen atoms in total. The summed E-state index contributed by atoms with van der Waals surface area (Å²) in [6.07, 6.45) is 2.83. The van der Waals surface area contributed by atoms with Crippen LogP contribution in [0.2, 0.25) is 5.02 Å². The molecule has 2 amide bonds. The Morgan fingerprint density at radius 1 is 1.15 bits per heavy atom. The smallest absolute Gasteiger partial charge is 0.274 e. The van der Waals surface area contributed by atoms with E-state index in [0.717, 1.165) is 5.56 Å². The number of aromatic nitrogens is 1. The van der Waals surface area contributed by atoms with Gasteiger partial charge in [-0.2, -0.15) is 0 Å². The van der Waals surface area contributed by atoms with Crippen molar-refractivity contribution in [3.05, 3.63) is 92.1 Å². The van der Waals surface area contributed by atoms with E-state index in [2.05, 4.69) is 5.32 Å². The number of nitrogens with one attached hydrogen (secondary N) is 1. The average Bonchev–Trinajstić information content (AvgIpc) is 2.95. The van der Waals surface area contributed by atoms with E-state index >= 15 is 0 Å². The molecule has 5 rings (SSSR count). The lowest BCUT2D eigenvalue weighted by atomic mass is 9.67. The summed E-state index contributed by atoms with van der Waals surface area (Å²) in [6.45, 7) is 0.783. The highest BCUT2D eigenvalue weighted by molar-refractivity contribution is 6.32. The van der Waals surface area contributed by atoms with E-state index in [9.17, 15) is 18.8 Å². The van der Waals surface area contributed by atoms with Crippen molar-refractivity contribution >= 4 is 23.4 Å². The summed E-state index contributed by atoms with van der Waals surface area (Å²) >= 11 is 6.03. The first kappa shape index (κ1) is 28.6. The van der Waals surface area contributed by atoms with Gasteiger partial charge in [0.1, 0.15) is 22.9 Å². The number of nitrogens with zero attached hydrogens (tertiary/aromatic N) is 2. The number of rotatable bonds is 9. The quantitative estimate of drug-likeness (QED) is 0.409. The van der Waals surface area contributed by atoms with Gasteiger partial charge >= 0.3 is 0 Å². The second-order valence-electron chi connectivity index (χ2n) is 10.5. The second-order valence-corrected chi connectivity index (χ2v) is 10.9. The van der Waals surface area contributed by atoms with Gasteiger partial charge in [0.15, 0.2) is 17.3 Å². The number of methoxy groups -OCH3 is 2. The van der Waals surface area contributed by atoms with Crippen molar-refractivity contribution in [1.29, 1.82) is 0 Å². The third-order valence-corrected chi connectivity index (χ3v) is 8.11. The fourth-order valence-electron chi connectivity index (χ4n) is 5.79. The molecule has 1 spiro atoms. The predicted octanol–water partition coefficient (Wildman–Crippen LogP) is 4.00.